The highest BCUT2D eigenvalue weighted by Crippen LogP contribution is 2.37. The van der Waals surface area contributed by atoms with Crippen molar-refractivity contribution >= 4 is 79.5 Å². The number of nitrogens with zero attached hydrogens (tertiary/aromatic N) is 1. The van der Waals surface area contributed by atoms with Crippen LogP contribution in [0.3, 0.4) is 0 Å². The van der Waals surface area contributed by atoms with Gasteiger partial charge in [-0.05, 0) is 57.9 Å². The van der Waals surface area contributed by atoms with E-state index in [4.69, 9.17) is 28.6 Å². The molecule has 1 amide bonds. The number of carbonyl (C=O) groups excluding carboxylic acids is 2. The van der Waals surface area contributed by atoms with E-state index in [2.05, 4.69) is 20.7 Å². The molecule has 2 aromatic carbocycles. The minimum Gasteiger partial charge on any atom is -0.481 e. The zero-order valence-electron chi connectivity index (χ0n) is 14.8. The summed E-state index contributed by atoms with van der Waals surface area (Å²) in [6.45, 7) is -0.215. The van der Waals surface area contributed by atoms with Crippen LogP contribution in [-0.4, -0.2) is 29.9 Å². The largest absolute Gasteiger partial charge is 0.481 e. The Morgan fingerprint density at radius 1 is 1.34 bits per heavy atom. The maximum Gasteiger partial charge on any atom is 0.343 e. The first-order valence-corrected chi connectivity index (χ1v) is 10.4. The van der Waals surface area contributed by atoms with Crippen molar-refractivity contribution in [3.05, 3.63) is 62.2 Å². The molecule has 1 aliphatic heterocycles. The number of halogens is 3. The van der Waals surface area contributed by atoms with Gasteiger partial charge in [0, 0.05) is 0 Å². The first-order valence-electron chi connectivity index (χ1n) is 8.02. The monoisotopic (exact) mass is 515 g/mol. The molecule has 1 heterocycles. The van der Waals surface area contributed by atoms with Gasteiger partial charge in [0.25, 0.3) is 5.91 Å². The van der Waals surface area contributed by atoms with Gasteiger partial charge in [-0.15, -0.1) is 0 Å². The predicted molar refractivity (Wildman–Crippen MR) is 119 cm³/mol. The molecule has 0 saturated carbocycles. The van der Waals surface area contributed by atoms with E-state index in [9.17, 15) is 14.0 Å². The van der Waals surface area contributed by atoms with E-state index in [1.165, 1.54) is 30.2 Å². The van der Waals surface area contributed by atoms with Gasteiger partial charge < -0.3 is 9.47 Å². The van der Waals surface area contributed by atoms with Crippen LogP contribution in [0.4, 0.5) is 10.1 Å². The van der Waals surface area contributed by atoms with E-state index in [0.717, 1.165) is 17.3 Å². The average molecular weight is 517 g/mol. The Morgan fingerprint density at radius 2 is 2.10 bits per heavy atom. The van der Waals surface area contributed by atoms with Gasteiger partial charge in [0.1, 0.15) is 11.6 Å². The standard InChI is InChI=1S/C19H12BrClFNO4S2/c1-26-17(24)9-27-15-5-2-10(6-12(15)20)7-16-18(25)23(19(28)29-16)11-3-4-14(22)13(21)8-11/h2-8H,9H2,1H3/b16-7+. The van der Waals surface area contributed by atoms with Gasteiger partial charge in [0.2, 0.25) is 0 Å². The number of anilines is 1. The lowest BCUT2D eigenvalue weighted by atomic mass is 10.2. The number of amides is 1. The molecule has 0 atom stereocenters. The van der Waals surface area contributed by atoms with Crippen LogP contribution in [0.1, 0.15) is 5.56 Å². The van der Waals surface area contributed by atoms with Gasteiger partial charge in [-0.3, -0.25) is 9.69 Å². The summed E-state index contributed by atoms with van der Waals surface area (Å²) in [4.78, 5) is 25.7. The maximum absolute atomic E-state index is 13.4. The number of carbonyl (C=O) groups is 2. The summed E-state index contributed by atoms with van der Waals surface area (Å²) in [6.07, 6.45) is 1.68. The van der Waals surface area contributed by atoms with Crippen LogP contribution < -0.4 is 9.64 Å². The predicted octanol–water partition coefficient (Wildman–Crippen LogP) is 5.20. The molecule has 0 unspecified atom stereocenters. The molecular formula is C19H12BrClFNO4S2. The normalized spacial score (nSPS) is 15.2. The van der Waals surface area contributed by atoms with Crippen molar-refractivity contribution in [2.24, 2.45) is 0 Å². The van der Waals surface area contributed by atoms with E-state index in [1.807, 2.05) is 0 Å². The number of methoxy groups -OCH3 is 1. The van der Waals surface area contributed by atoms with Gasteiger partial charge in [0.15, 0.2) is 10.9 Å². The highest BCUT2D eigenvalue weighted by atomic mass is 79.9. The summed E-state index contributed by atoms with van der Waals surface area (Å²) in [5.74, 6) is -0.938. The molecule has 0 N–H and O–H groups in total. The summed E-state index contributed by atoms with van der Waals surface area (Å²) in [5.41, 5.74) is 1.12. The molecule has 1 saturated heterocycles. The molecule has 2 aromatic rings. The molecule has 29 heavy (non-hydrogen) atoms. The number of ether oxygens (including phenoxy) is 2. The van der Waals surface area contributed by atoms with Crippen LogP contribution in [0.25, 0.3) is 6.08 Å². The van der Waals surface area contributed by atoms with Crippen molar-refractivity contribution < 1.29 is 23.5 Å². The third-order valence-corrected chi connectivity index (χ3v) is 5.99. The summed E-state index contributed by atoms with van der Waals surface area (Å²) in [6, 6.07) is 9.13. The molecule has 0 radical (unpaired) electrons. The number of thiocarbonyl (C=S) groups is 1. The van der Waals surface area contributed by atoms with Gasteiger partial charge in [-0.25, -0.2) is 9.18 Å². The molecular weight excluding hydrogens is 505 g/mol. The first-order chi connectivity index (χ1) is 13.8. The molecule has 10 heteroatoms. The smallest absolute Gasteiger partial charge is 0.343 e. The van der Waals surface area contributed by atoms with E-state index >= 15 is 0 Å². The Hall–Kier alpha value is -1.94. The lowest BCUT2D eigenvalue weighted by molar-refractivity contribution is -0.142. The molecule has 0 aliphatic carbocycles. The Kier molecular flexibility index (Phi) is 6.94. The van der Waals surface area contributed by atoms with Crippen molar-refractivity contribution in [2.75, 3.05) is 18.6 Å². The fraction of sp³-hybridized carbons (Fsp3) is 0.105. The molecule has 1 fully saturated rings. The number of benzene rings is 2. The van der Waals surface area contributed by atoms with Crippen molar-refractivity contribution in [2.45, 2.75) is 0 Å². The zero-order chi connectivity index (χ0) is 21.1. The SMILES string of the molecule is COC(=O)COc1ccc(/C=C2/SC(=S)N(c3ccc(F)c(Cl)c3)C2=O)cc1Br. The molecule has 3 rings (SSSR count). The minimum absolute atomic E-state index is 0.0907. The van der Waals surface area contributed by atoms with Crippen LogP contribution in [0.2, 0.25) is 5.02 Å². The highest BCUT2D eigenvalue weighted by Gasteiger charge is 2.33. The first kappa shape index (κ1) is 21.8. The van der Waals surface area contributed by atoms with E-state index < -0.39 is 11.8 Å². The Balaban J connectivity index is 1.81. The number of rotatable bonds is 5. The second-order valence-corrected chi connectivity index (χ2v) is 8.61. The molecule has 150 valence electrons. The van der Waals surface area contributed by atoms with Gasteiger partial charge in [-0.2, -0.15) is 0 Å². The van der Waals surface area contributed by atoms with E-state index in [1.54, 1.807) is 24.3 Å². The van der Waals surface area contributed by atoms with Crippen molar-refractivity contribution in [3.8, 4) is 5.75 Å². The number of esters is 1. The quantitative estimate of drug-likeness (QED) is 0.309. The van der Waals surface area contributed by atoms with Crippen molar-refractivity contribution in [3.63, 3.8) is 0 Å². The third kappa shape index (κ3) is 4.98. The zero-order valence-corrected chi connectivity index (χ0v) is 18.8. The average Bonchev–Trinajstić information content (AvgIpc) is 2.96. The van der Waals surface area contributed by atoms with Gasteiger partial charge >= 0.3 is 5.97 Å². The lowest BCUT2D eigenvalue weighted by Gasteiger charge is -2.14. The summed E-state index contributed by atoms with van der Waals surface area (Å²) < 4.78 is 24.2. The van der Waals surface area contributed by atoms with Crippen LogP contribution in [0, 0.1) is 5.82 Å². The van der Waals surface area contributed by atoms with Crippen LogP contribution in [0.5, 0.6) is 5.75 Å². The highest BCUT2D eigenvalue weighted by molar-refractivity contribution is 9.10. The molecule has 5 nitrogen and oxygen atoms in total. The molecule has 0 aromatic heterocycles. The van der Waals surface area contributed by atoms with Crippen LogP contribution in [-0.2, 0) is 14.3 Å². The van der Waals surface area contributed by atoms with Gasteiger partial charge in [0.05, 0.1) is 27.2 Å². The number of hydrogen-bond acceptors (Lipinski definition) is 6. The topological polar surface area (TPSA) is 55.8 Å². The Morgan fingerprint density at radius 3 is 2.76 bits per heavy atom. The summed E-state index contributed by atoms with van der Waals surface area (Å²) in [5, 5.41) is -0.0907. The summed E-state index contributed by atoms with van der Waals surface area (Å²) in [7, 11) is 1.28. The van der Waals surface area contributed by atoms with Crippen molar-refractivity contribution in [1.29, 1.82) is 0 Å². The molecule has 0 spiro atoms. The number of hydrogen-bond donors (Lipinski definition) is 0. The Labute approximate surface area is 188 Å². The minimum atomic E-state index is -0.573. The lowest BCUT2D eigenvalue weighted by Crippen LogP contribution is -2.27. The van der Waals surface area contributed by atoms with Crippen LogP contribution >= 0.6 is 51.5 Å². The van der Waals surface area contributed by atoms with Crippen molar-refractivity contribution in [1.82, 2.24) is 0 Å². The third-order valence-electron chi connectivity index (χ3n) is 3.78. The molecule has 1 aliphatic rings. The fourth-order valence-electron chi connectivity index (χ4n) is 2.39. The number of thioether (sulfide) groups is 1. The molecule has 0 bridgehead atoms. The Bertz CT molecular complexity index is 1050. The van der Waals surface area contributed by atoms with Crippen LogP contribution in [0.15, 0.2) is 45.8 Å². The summed E-state index contributed by atoms with van der Waals surface area (Å²) >= 11 is 15.6. The second-order valence-electron chi connectivity index (χ2n) is 5.67. The van der Waals surface area contributed by atoms with E-state index in [-0.39, 0.29) is 17.5 Å². The fourth-order valence-corrected chi connectivity index (χ4v) is 4.37. The second kappa shape index (κ2) is 9.25. The van der Waals surface area contributed by atoms with Gasteiger partial charge in [-0.1, -0.05) is 41.6 Å². The maximum atomic E-state index is 13.4. The van der Waals surface area contributed by atoms with E-state index in [0.29, 0.717) is 25.1 Å².